The maximum absolute atomic E-state index is 9.34. The van der Waals surface area contributed by atoms with Gasteiger partial charge >= 0.3 is 0 Å². The van der Waals surface area contributed by atoms with Gasteiger partial charge in [0, 0.05) is 38.8 Å². The molecule has 4 heteroatoms. The first-order valence-corrected chi connectivity index (χ1v) is 8.10. The van der Waals surface area contributed by atoms with E-state index in [2.05, 4.69) is 22.0 Å². The van der Waals surface area contributed by atoms with Gasteiger partial charge in [0.25, 0.3) is 0 Å². The molecule has 0 amide bonds. The molecule has 0 spiro atoms. The molecular weight excluding hydrogens is 238 g/mol. The second-order valence-corrected chi connectivity index (χ2v) is 6.21. The minimum Gasteiger partial charge on any atom is -0.395 e. The maximum Gasteiger partial charge on any atom is 0.0585 e. The number of piperazine rings is 1. The molecule has 0 bridgehead atoms. The summed E-state index contributed by atoms with van der Waals surface area (Å²) in [6, 6.07) is 0.282. The Bertz CT molecular complexity index is 238. The molecule has 1 saturated heterocycles. The van der Waals surface area contributed by atoms with Crippen molar-refractivity contribution < 1.29 is 5.11 Å². The van der Waals surface area contributed by atoms with Gasteiger partial charge in [0.1, 0.15) is 0 Å². The van der Waals surface area contributed by atoms with Crippen LogP contribution in [0.15, 0.2) is 0 Å². The molecular formula is C15H31N3O. The largest absolute Gasteiger partial charge is 0.395 e. The monoisotopic (exact) mass is 269 g/mol. The molecule has 0 aromatic rings. The van der Waals surface area contributed by atoms with E-state index in [-0.39, 0.29) is 12.6 Å². The standard InChI is InChI=1S/C15H31N3O/c1-2-6-16-15(13-19)5-7-17-8-10-18(11-9-17)12-14-3-4-14/h14-16,19H,2-13H2,1H3. The lowest BCUT2D eigenvalue weighted by atomic mass is 10.2. The SMILES string of the molecule is CCCNC(CO)CCN1CCN(CC2CC2)CC1. The van der Waals surface area contributed by atoms with E-state index < -0.39 is 0 Å². The molecule has 1 heterocycles. The summed E-state index contributed by atoms with van der Waals surface area (Å²) >= 11 is 0. The molecule has 112 valence electrons. The van der Waals surface area contributed by atoms with E-state index in [0.29, 0.717) is 0 Å². The van der Waals surface area contributed by atoms with Crippen molar-refractivity contribution in [3.8, 4) is 0 Å². The van der Waals surface area contributed by atoms with Crippen molar-refractivity contribution in [1.82, 2.24) is 15.1 Å². The molecule has 2 aliphatic rings. The summed E-state index contributed by atoms with van der Waals surface area (Å²) in [5, 5.41) is 12.8. The molecule has 2 N–H and O–H groups in total. The Morgan fingerprint density at radius 2 is 1.84 bits per heavy atom. The summed E-state index contributed by atoms with van der Waals surface area (Å²) in [4.78, 5) is 5.19. The third-order valence-corrected chi connectivity index (χ3v) is 4.38. The topological polar surface area (TPSA) is 38.7 Å². The van der Waals surface area contributed by atoms with Gasteiger partial charge in [0.2, 0.25) is 0 Å². The van der Waals surface area contributed by atoms with E-state index in [1.165, 1.54) is 45.6 Å². The third-order valence-electron chi connectivity index (χ3n) is 4.38. The van der Waals surface area contributed by atoms with E-state index in [1.807, 2.05) is 0 Å². The van der Waals surface area contributed by atoms with Crippen LogP contribution in [0.3, 0.4) is 0 Å². The van der Waals surface area contributed by atoms with Crippen LogP contribution in [0.2, 0.25) is 0 Å². The van der Waals surface area contributed by atoms with Crippen molar-refractivity contribution in [2.24, 2.45) is 5.92 Å². The molecule has 2 rings (SSSR count). The first kappa shape index (κ1) is 15.2. The summed E-state index contributed by atoms with van der Waals surface area (Å²) in [5.41, 5.74) is 0. The van der Waals surface area contributed by atoms with Gasteiger partial charge in [-0.3, -0.25) is 0 Å². The molecule has 0 aromatic carbocycles. The lowest BCUT2D eigenvalue weighted by Crippen LogP contribution is -2.48. The van der Waals surface area contributed by atoms with Gasteiger partial charge in [-0.05, 0) is 44.7 Å². The van der Waals surface area contributed by atoms with Crippen LogP contribution in [0.1, 0.15) is 32.6 Å². The van der Waals surface area contributed by atoms with E-state index in [1.54, 1.807) is 0 Å². The van der Waals surface area contributed by atoms with E-state index in [9.17, 15) is 5.11 Å². The summed E-state index contributed by atoms with van der Waals surface area (Å²) in [6.45, 7) is 10.8. The Balaban J connectivity index is 1.56. The lowest BCUT2D eigenvalue weighted by Gasteiger charge is -2.35. The molecule has 0 aromatic heterocycles. The van der Waals surface area contributed by atoms with Gasteiger partial charge in [0.05, 0.1) is 6.61 Å². The van der Waals surface area contributed by atoms with Gasteiger partial charge in [-0.1, -0.05) is 6.92 Å². The minimum absolute atomic E-state index is 0.266. The second-order valence-electron chi connectivity index (χ2n) is 6.21. The average Bonchev–Trinajstić information content (AvgIpc) is 3.25. The van der Waals surface area contributed by atoms with Crippen LogP contribution in [-0.2, 0) is 0 Å². The smallest absolute Gasteiger partial charge is 0.0585 e. The van der Waals surface area contributed by atoms with Crippen LogP contribution in [0.5, 0.6) is 0 Å². The van der Waals surface area contributed by atoms with Gasteiger partial charge in [-0.25, -0.2) is 0 Å². The van der Waals surface area contributed by atoms with Gasteiger partial charge in [-0.15, -0.1) is 0 Å². The molecule has 2 fully saturated rings. The zero-order chi connectivity index (χ0) is 13.5. The molecule has 4 nitrogen and oxygen atoms in total. The fraction of sp³-hybridized carbons (Fsp3) is 1.00. The van der Waals surface area contributed by atoms with E-state index >= 15 is 0 Å². The maximum atomic E-state index is 9.34. The molecule has 1 saturated carbocycles. The lowest BCUT2D eigenvalue weighted by molar-refractivity contribution is 0.120. The number of nitrogens with zero attached hydrogens (tertiary/aromatic N) is 2. The van der Waals surface area contributed by atoms with Gasteiger partial charge in [-0.2, -0.15) is 0 Å². The number of hydrogen-bond acceptors (Lipinski definition) is 4. The van der Waals surface area contributed by atoms with Crippen molar-refractivity contribution >= 4 is 0 Å². The number of hydrogen-bond donors (Lipinski definition) is 2. The Labute approximate surface area is 118 Å². The molecule has 1 aliphatic heterocycles. The minimum atomic E-state index is 0.266. The number of aliphatic hydroxyl groups is 1. The Kier molecular flexibility index (Phi) is 6.57. The molecule has 0 radical (unpaired) electrons. The van der Waals surface area contributed by atoms with Crippen molar-refractivity contribution in [1.29, 1.82) is 0 Å². The molecule has 1 unspecified atom stereocenters. The number of nitrogens with one attached hydrogen (secondary N) is 1. The number of rotatable bonds is 9. The van der Waals surface area contributed by atoms with E-state index in [0.717, 1.165) is 31.8 Å². The van der Waals surface area contributed by atoms with Crippen molar-refractivity contribution in [3.05, 3.63) is 0 Å². The fourth-order valence-electron chi connectivity index (χ4n) is 2.81. The van der Waals surface area contributed by atoms with Crippen LogP contribution in [0.25, 0.3) is 0 Å². The molecule has 1 atom stereocenters. The van der Waals surface area contributed by atoms with Crippen LogP contribution in [0, 0.1) is 5.92 Å². The van der Waals surface area contributed by atoms with Crippen molar-refractivity contribution in [3.63, 3.8) is 0 Å². The average molecular weight is 269 g/mol. The van der Waals surface area contributed by atoms with Gasteiger partial charge in [0.15, 0.2) is 0 Å². The Morgan fingerprint density at radius 3 is 2.42 bits per heavy atom. The summed E-state index contributed by atoms with van der Waals surface area (Å²) < 4.78 is 0. The van der Waals surface area contributed by atoms with Crippen LogP contribution < -0.4 is 5.32 Å². The fourth-order valence-corrected chi connectivity index (χ4v) is 2.81. The summed E-state index contributed by atoms with van der Waals surface area (Å²) in [7, 11) is 0. The first-order chi connectivity index (χ1) is 9.31. The van der Waals surface area contributed by atoms with Crippen LogP contribution in [0.4, 0.5) is 0 Å². The first-order valence-electron chi connectivity index (χ1n) is 8.10. The predicted molar refractivity (Wildman–Crippen MR) is 79.4 cm³/mol. The predicted octanol–water partition coefficient (Wildman–Crippen LogP) is 0.765. The third kappa shape index (κ3) is 5.78. The zero-order valence-corrected chi connectivity index (χ0v) is 12.5. The van der Waals surface area contributed by atoms with Gasteiger partial charge < -0.3 is 20.2 Å². The van der Waals surface area contributed by atoms with Crippen molar-refractivity contribution in [2.75, 3.05) is 52.4 Å². The van der Waals surface area contributed by atoms with Crippen LogP contribution in [-0.4, -0.2) is 73.4 Å². The normalized spacial score (nSPS) is 23.7. The highest BCUT2D eigenvalue weighted by atomic mass is 16.3. The van der Waals surface area contributed by atoms with Crippen molar-refractivity contribution in [2.45, 2.75) is 38.6 Å². The highest BCUT2D eigenvalue weighted by Gasteiger charge is 2.26. The number of aliphatic hydroxyl groups excluding tert-OH is 1. The Morgan fingerprint density at radius 1 is 1.16 bits per heavy atom. The quantitative estimate of drug-likeness (QED) is 0.648. The molecule has 1 aliphatic carbocycles. The van der Waals surface area contributed by atoms with Crippen LogP contribution >= 0.6 is 0 Å². The zero-order valence-electron chi connectivity index (χ0n) is 12.5. The highest BCUT2D eigenvalue weighted by Crippen LogP contribution is 2.29. The molecule has 19 heavy (non-hydrogen) atoms. The Hall–Kier alpha value is -0.160. The highest BCUT2D eigenvalue weighted by molar-refractivity contribution is 4.81. The van der Waals surface area contributed by atoms with E-state index in [4.69, 9.17) is 0 Å². The second kappa shape index (κ2) is 8.20. The summed E-state index contributed by atoms with van der Waals surface area (Å²) in [5.74, 6) is 1.02. The summed E-state index contributed by atoms with van der Waals surface area (Å²) in [6.07, 6.45) is 5.12.